The summed E-state index contributed by atoms with van der Waals surface area (Å²) in [6, 6.07) is 20.9. The van der Waals surface area contributed by atoms with E-state index < -0.39 is 5.97 Å². The van der Waals surface area contributed by atoms with Crippen LogP contribution in [0.1, 0.15) is 16.7 Å². The van der Waals surface area contributed by atoms with Crippen LogP contribution < -0.4 is 10.5 Å². The summed E-state index contributed by atoms with van der Waals surface area (Å²) in [5, 5.41) is 9.65. The molecule has 27 heavy (non-hydrogen) atoms. The first-order chi connectivity index (χ1) is 13.0. The Labute approximate surface area is 163 Å². The molecule has 3 rings (SSSR count). The lowest BCUT2D eigenvalue weighted by Crippen LogP contribution is -2.04. The van der Waals surface area contributed by atoms with E-state index in [1.165, 1.54) is 0 Å². The molecule has 0 fully saturated rings. The van der Waals surface area contributed by atoms with Crippen molar-refractivity contribution in [2.24, 2.45) is 5.73 Å². The molecule has 0 aliphatic heterocycles. The third-order valence-electron chi connectivity index (χ3n) is 4.16. The number of carboxylic acid groups (broad SMARTS) is 1. The molecule has 0 heterocycles. The molecule has 138 valence electrons. The predicted molar refractivity (Wildman–Crippen MR) is 107 cm³/mol. The minimum Gasteiger partial charge on any atom is -0.489 e. The van der Waals surface area contributed by atoms with Gasteiger partial charge in [0.05, 0.1) is 6.42 Å². The van der Waals surface area contributed by atoms with Gasteiger partial charge in [0.25, 0.3) is 0 Å². The zero-order valence-electron chi connectivity index (χ0n) is 14.7. The maximum atomic E-state index is 11.0. The molecule has 4 nitrogen and oxygen atoms in total. The lowest BCUT2D eigenvalue weighted by molar-refractivity contribution is -0.136. The lowest BCUT2D eigenvalue weighted by Gasteiger charge is -2.12. The standard InChI is InChI=1S/C22H20ClNO3/c23-20-10-16(9-19(11-20)17-6-3-4-15(8-17)13-24)14-27-21-7-2-1-5-18(21)12-22(25)26/h1-11H,12-14,24H2,(H,25,26). The Morgan fingerprint density at radius 1 is 0.963 bits per heavy atom. The maximum Gasteiger partial charge on any atom is 0.307 e. The number of ether oxygens (including phenoxy) is 1. The number of para-hydroxylation sites is 1. The fourth-order valence-corrected chi connectivity index (χ4v) is 3.15. The first kappa shape index (κ1) is 19.0. The Hall–Kier alpha value is -2.82. The Bertz CT molecular complexity index is 956. The van der Waals surface area contributed by atoms with Crippen LogP contribution in [0.4, 0.5) is 0 Å². The Morgan fingerprint density at radius 3 is 2.52 bits per heavy atom. The summed E-state index contributed by atoms with van der Waals surface area (Å²) >= 11 is 6.30. The zero-order chi connectivity index (χ0) is 19.2. The molecule has 3 aromatic carbocycles. The SMILES string of the molecule is NCc1cccc(-c2cc(Cl)cc(COc3ccccc3CC(=O)O)c2)c1. The second-order valence-electron chi connectivity index (χ2n) is 6.22. The zero-order valence-corrected chi connectivity index (χ0v) is 15.4. The van der Waals surface area contributed by atoms with Gasteiger partial charge < -0.3 is 15.6 Å². The van der Waals surface area contributed by atoms with Crippen LogP contribution in [0.25, 0.3) is 11.1 Å². The van der Waals surface area contributed by atoms with Gasteiger partial charge in [0.15, 0.2) is 0 Å². The third kappa shape index (κ3) is 5.09. The van der Waals surface area contributed by atoms with Gasteiger partial charge in [-0.05, 0) is 52.6 Å². The molecule has 0 unspecified atom stereocenters. The van der Waals surface area contributed by atoms with Crippen LogP contribution in [0.5, 0.6) is 5.75 Å². The van der Waals surface area contributed by atoms with Crippen molar-refractivity contribution >= 4 is 17.6 Å². The number of rotatable bonds is 7. The molecular formula is C22H20ClNO3. The quantitative estimate of drug-likeness (QED) is 0.623. The first-order valence-electron chi connectivity index (χ1n) is 8.56. The van der Waals surface area contributed by atoms with E-state index in [-0.39, 0.29) is 6.42 Å². The van der Waals surface area contributed by atoms with Crippen LogP contribution in [0.15, 0.2) is 66.7 Å². The average molecular weight is 382 g/mol. The van der Waals surface area contributed by atoms with Gasteiger partial charge in [-0.1, -0.05) is 48.0 Å². The van der Waals surface area contributed by atoms with E-state index >= 15 is 0 Å². The van der Waals surface area contributed by atoms with E-state index in [0.717, 1.165) is 22.3 Å². The number of carboxylic acids is 1. The van der Waals surface area contributed by atoms with E-state index in [1.54, 1.807) is 18.2 Å². The fraction of sp³-hybridized carbons (Fsp3) is 0.136. The number of hydrogen-bond donors (Lipinski definition) is 2. The van der Waals surface area contributed by atoms with Crippen LogP contribution in [-0.4, -0.2) is 11.1 Å². The van der Waals surface area contributed by atoms with Crippen LogP contribution in [0, 0.1) is 0 Å². The van der Waals surface area contributed by atoms with Crippen LogP contribution in [-0.2, 0) is 24.4 Å². The highest BCUT2D eigenvalue weighted by molar-refractivity contribution is 6.31. The molecule has 0 bridgehead atoms. The van der Waals surface area contributed by atoms with Crippen molar-refractivity contribution in [2.45, 2.75) is 19.6 Å². The molecule has 0 amide bonds. The van der Waals surface area contributed by atoms with Crippen LogP contribution >= 0.6 is 11.6 Å². The van der Waals surface area contributed by atoms with Gasteiger partial charge in [0, 0.05) is 17.1 Å². The topological polar surface area (TPSA) is 72.5 Å². The molecule has 0 spiro atoms. The van der Waals surface area contributed by atoms with E-state index in [9.17, 15) is 4.79 Å². The number of nitrogens with two attached hydrogens (primary N) is 1. The average Bonchev–Trinajstić information content (AvgIpc) is 2.66. The molecule has 0 saturated carbocycles. The van der Waals surface area contributed by atoms with Crippen molar-refractivity contribution in [1.29, 1.82) is 0 Å². The Morgan fingerprint density at radius 2 is 1.74 bits per heavy atom. The molecule has 0 radical (unpaired) electrons. The smallest absolute Gasteiger partial charge is 0.307 e. The molecule has 0 aliphatic carbocycles. The van der Waals surface area contributed by atoms with Crippen molar-refractivity contribution in [2.75, 3.05) is 0 Å². The first-order valence-corrected chi connectivity index (χ1v) is 8.94. The van der Waals surface area contributed by atoms with Gasteiger partial charge in [0.2, 0.25) is 0 Å². The largest absolute Gasteiger partial charge is 0.489 e. The van der Waals surface area contributed by atoms with Crippen molar-refractivity contribution in [3.05, 3.63) is 88.4 Å². The van der Waals surface area contributed by atoms with E-state index in [4.69, 9.17) is 27.2 Å². The minimum absolute atomic E-state index is 0.0805. The maximum absolute atomic E-state index is 11.0. The molecule has 0 aliphatic rings. The van der Waals surface area contributed by atoms with Gasteiger partial charge in [-0.15, -0.1) is 0 Å². The molecule has 0 atom stereocenters. The highest BCUT2D eigenvalue weighted by atomic mass is 35.5. The van der Waals surface area contributed by atoms with Crippen molar-refractivity contribution in [1.82, 2.24) is 0 Å². The molecule has 3 aromatic rings. The van der Waals surface area contributed by atoms with Crippen molar-refractivity contribution in [3.63, 3.8) is 0 Å². The Kier molecular flexibility index (Phi) is 6.12. The minimum atomic E-state index is -0.893. The molecular weight excluding hydrogens is 362 g/mol. The number of hydrogen-bond acceptors (Lipinski definition) is 3. The fourth-order valence-electron chi connectivity index (χ4n) is 2.89. The summed E-state index contributed by atoms with van der Waals surface area (Å²) in [5.41, 5.74) is 10.3. The second-order valence-corrected chi connectivity index (χ2v) is 6.66. The van der Waals surface area contributed by atoms with E-state index in [1.807, 2.05) is 48.5 Å². The van der Waals surface area contributed by atoms with Gasteiger partial charge in [0.1, 0.15) is 12.4 Å². The van der Waals surface area contributed by atoms with E-state index in [2.05, 4.69) is 0 Å². The van der Waals surface area contributed by atoms with Crippen molar-refractivity contribution in [3.8, 4) is 16.9 Å². The predicted octanol–water partition coefficient (Wildman–Crippen LogP) is 4.67. The van der Waals surface area contributed by atoms with Crippen molar-refractivity contribution < 1.29 is 14.6 Å². The number of aliphatic carboxylic acids is 1. The third-order valence-corrected chi connectivity index (χ3v) is 4.38. The van der Waals surface area contributed by atoms with Gasteiger partial charge in [-0.3, -0.25) is 4.79 Å². The highest BCUT2D eigenvalue weighted by Gasteiger charge is 2.09. The summed E-state index contributed by atoms with van der Waals surface area (Å²) in [4.78, 5) is 11.0. The Balaban J connectivity index is 1.82. The molecule has 0 aromatic heterocycles. The monoisotopic (exact) mass is 381 g/mol. The number of benzene rings is 3. The molecule has 5 heteroatoms. The summed E-state index contributed by atoms with van der Waals surface area (Å²) in [7, 11) is 0. The molecule has 3 N–H and O–H groups in total. The van der Waals surface area contributed by atoms with Gasteiger partial charge in [-0.25, -0.2) is 0 Å². The van der Waals surface area contributed by atoms with Gasteiger partial charge >= 0.3 is 5.97 Å². The van der Waals surface area contributed by atoms with Crippen LogP contribution in [0.2, 0.25) is 5.02 Å². The van der Waals surface area contributed by atoms with E-state index in [0.29, 0.717) is 29.5 Å². The highest BCUT2D eigenvalue weighted by Crippen LogP contribution is 2.27. The number of carbonyl (C=O) groups is 1. The lowest BCUT2D eigenvalue weighted by atomic mass is 10.0. The van der Waals surface area contributed by atoms with Crippen LogP contribution in [0.3, 0.4) is 0 Å². The second kappa shape index (κ2) is 8.71. The summed E-state index contributed by atoms with van der Waals surface area (Å²) in [6.07, 6.45) is -0.0805. The summed E-state index contributed by atoms with van der Waals surface area (Å²) < 4.78 is 5.87. The summed E-state index contributed by atoms with van der Waals surface area (Å²) in [6.45, 7) is 0.769. The normalized spacial score (nSPS) is 10.6. The summed E-state index contributed by atoms with van der Waals surface area (Å²) in [5.74, 6) is -0.331. The molecule has 0 saturated heterocycles. The number of halogens is 1. The van der Waals surface area contributed by atoms with Gasteiger partial charge in [-0.2, -0.15) is 0 Å².